The van der Waals surface area contributed by atoms with Crippen molar-refractivity contribution in [2.45, 2.75) is 146 Å². The number of nitrogens with zero attached hydrogens (tertiary/aromatic N) is 1. The van der Waals surface area contributed by atoms with Crippen LogP contribution < -0.4 is 49.1 Å². The van der Waals surface area contributed by atoms with Crippen molar-refractivity contribution in [2.24, 2.45) is 23.1 Å². The molecule has 0 radical (unpaired) electrons. The largest absolute Gasteiger partial charge is 0.368 e. The van der Waals surface area contributed by atoms with Gasteiger partial charge in [-0.1, -0.05) is 111 Å². The first-order valence-electron chi connectivity index (χ1n) is 26.1. The van der Waals surface area contributed by atoms with Crippen molar-refractivity contribution in [1.82, 2.24) is 36.8 Å². The molecule has 1 unspecified atom stereocenters. The fraction of sp³-hybridized carbons (Fsp3) is 0.491. The molecule has 6 rings (SSSR count). The summed E-state index contributed by atoms with van der Waals surface area (Å²) in [7, 11) is 0. The van der Waals surface area contributed by atoms with Crippen LogP contribution in [0.4, 0.5) is 0 Å². The second kappa shape index (κ2) is 28.7. The number of thiophene rings is 1. The summed E-state index contributed by atoms with van der Waals surface area (Å²) in [5.74, 6) is -4.50. The molecule has 1 aliphatic heterocycles. The van der Waals surface area contributed by atoms with Crippen LogP contribution in [0.5, 0.6) is 0 Å². The van der Waals surface area contributed by atoms with Crippen molar-refractivity contribution in [3.8, 4) is 0 Å². The predicted octanol–water partition coefficient (Wildman–Crippen LogP) is 2.78. The van der Waals surface area contributed by atoms with Crippen LogP contribution in [0, 0.1) is 5.92 Å². The molecule has 7 atom stereocenters. The first kappa shape index (κ1) is 56.6. The van der Waals surface area contributed by atoms with Gasteiger partial charge in [-0.3, -0.25) is 38.4 Å². The number of hydrogen-bond acceptors (Lipinski definition) is 11. The first-order valence-corrected chi connectivity index (χ1v) is 26.9. The van der Waals surface area contributed by atoms with Gasteiger partial charge in [-0.2, -0.15) is 0 Å². The third-order valence-electron chi connectivity index (χ3n) is 13.9. The van der Waals surface area contributed by atoms with Crippen LogP contribution in [-0.4, -0.2) is 114 Å². The number of fused-ring (bicyclic) bond motifs is 1. The molecule has 2 fully saturated rings. The average Bonchev–Trinajstić information content (AvgIpc) is 3.79. The molecule has 74 heavy (non-hydrogen) atoms. The third kappa shape index (κ3) is 16.9. The number of carbonyl (C=O) groups is 8. The number of hydrogen-bond donors (Lipinski definition) is 9. The Labute approximate surface area is 437 Å². The van der Waals surface area contributed by atoms with E-state index >= 15 is 0 Å². The lowest BCUT2D eigenvalue weighted by Gasteiger charge is -2.42. The standard InChI is InChI=1S/C55H74N10O8S/c1-35(66)59-41(23-13-14-27-56)50(68)62-44(31-37-18-7-3-8-19-37)51(69)60-42(24-15-28-57)55(73)65-29-26-47(65)54(72)64-45(32-38-20-9-4-10-21-38)52(70)63-46(34-40-33-39-22-11-12-25-48(39)74-40)53(71)61-43(49(58)67)30-36-16-5-2-6-17-36/h2-3,5-8,11-12,16-19,22,25,33,38,41-47H,4,9-10,13-15,20-21,23-24,26-32,34,56-57H2,1H3,(H2,58,67)(H,59,66)(H,60,69)(H,61,71)(H,62,68)(H,63,70)(H,64,72)/t41-,42-,43-,44-,45+,46-,47?/m0/s1. The number of likely N-dealkylation sites (tertiary alicyclic amines) is 1. The minimum atomic E-state index is -1.16. The van der Waals surface area contributed by atoms with Crippen LogP contribution in [-0.2, 0) is 57.6 Å². The molecule has 4 aromatic rings. The monoisotopic (exact) mass is 1030 g/mol. The molecule has 12 N–H and O–H groups in total. The average molecular weight is 1040 g/mol. The Balaban J connectivity index is 1.19. The van der Waals surface area contributed by atoms with Crippen LogP contribution in [0.2, 0.25) is 0 Å². The maximum Gasteiger partial charge on any atom is 0.245 e. The van der Waals surface area contributed by atoms with Gasteiger partial charge < -0.3 is 54.0 Å². The van der Waals surface area contributed by atoms with E-state index in [2.05, 4.69) is 31.9 Å². The van der Waals surface area contributed by atoms with Crippen molar-refractivity contribution in [3.63, 3.8) is 0 Å². The number of carbonyl (C=O) groups excluding carboxylic acids is 8. The maximum atomic E-state index is 14.7. The molecule has 3 aromatic carbocycles. The number of rotatable bonds is 28. The summed E-state index contributed by atoms with van der Waals surface area (Å²) >= 11 is 1.48. The lowest BCUT2D eigenvalue weighted by Crippen LogP contribution is -2.65. The first-order chi connectivity index (χ1) is 35.7. The molecule has 8 amide bonds. The number of nitrogens with two attached hydrogens (primary N) is 3. The van der Waals surface area contributed by atoms with E-state index in [-0.39, 0.29) is 44.7 Å². The highest BCUT2D eigenvalue weighted by Gasteiger charge is 2.43. The van der Waals surface area contributed by atoms with Gasteiger partial charge in [0.15, 0.2) is 0 Å². The summed E-state index contributed by atoms with van der Waals surface area (Å²) in [6.45, 7) is 2.14. The third-order valence-corrected chi connectivity index (χ3v) is 15.0. The van der Waals surface area contributed by atoms with Gasteiger partial charge in [0.1, 0.15) is 42.3 Å². The number of benzene rings is 3. The van der Waals surface area contributed by atoms with Gasteiger partial charge in [0, 0.05) is 42.3 Å². The van der Waals surface area contributed by atoms with Crippen molar-refractivity contribution in [1.29, 1.82) is 0 Å². The van der Waals surface area contributed by atoms with Crippen molar-refractivity contribution in [2.75, 3.05) is 19.6 Å². The molecule has 0 bridgehead atoms. The Morgan fingerprint density at radius 1 is 0.581 bits per heavy atom. The van der Waals surface area contributed by atoms with E-state index in [1.807, 2.05) is 91.0 Å². The van der Waals surface area contributed by atoms with Gasteiger partial charge in [-0.15, -0.1) is 11.3 Å². The Bertz CT molecular complexity index is 2490. The van der Waals surface area contributed by atoms with Crippen LogP contribution in [0.15, 0.2) is 91.0 Å². The van der Waals surface area contributed by atoms with Crippen molar-refractivity contribution in [3.05, 3.63) is 107 Å². The van der Waals surface area contributed by atoms with E-state index in [4.69, 9.17) is 17.2 Å². The molecule has 18 nitrogen and oxygen atoms in total. The van der Waals surface area contributed by atoms with E-state index in [1.54, 1.807) is 0 Å². The van der Waals surface area contributed by atoms with E-state index in [9.17, 15) is 38.4 Å². The molecular formula is C55H74N10O8S. The molecule has 19 heteroatoms. The summed E-state index contributed by atoms with van der Waals surface area (Å²) in [6, 6.07) is 20.5. The van der Waals surface area contributed by atoms with E-state index in [1.165, 1.54) is 23.2 Å². The fourth-order valence-corrected chi connectivity index (χ4v) is 10.8. The predicted molar refractivity (Wildman–Crippen MR) is 285 cm³/mol. The van der Waals surface area contributed by atoms with E-state index in [0.717, 1.165) is 58.2 Å². The number of unbranched alkanes of at least 4 members (excludes halogenated alkanes) is 1. The van der Waals surface area contributed by atoms with E-state index in [0.29, 0.717) is 45.1 Å². The van der Waals surface area contributed by atoms with Gasteiger partial charge in [-0.25, -0.2) is 0 Å². The van der Waals surface area contributed by atoms with Gasteiger partial charge >= 0.3 is 0 Å². The molecule has 1 aromatic heterocycles. The Morgan fingerprint density at radius 2 is 1.12 bits per heavy atom. The Morgan fingerprint density at radius 3 is 1.70 bits per heavy atom. The summed E-state index contributed by atoms with van der Waals surface area (Å²) in [4.78, 5) is 113. The molecule has 1 saturated carbocycles. The zero-order valence-electron chi connectivity index (χ0n) is 42.4. The minimum absolute atomic E-state index is 0.0804. The molecule has 398 valence electrons. The lowest BCUT2D eigenvalue weighted by atomic mass is 9.84. The molecule has 1 aliphatic carbocycles. The topological polar surface area (TPSA) is 290 Å². The minimum Gasteiger partial charge on any atom is -0.368 e. The summed E-state index contributed by atoms with van der Waals surface area (Å²) in [5, 5.41) is 18.0. The van der Waals surface area contributed by atoms with Gasteiger partial charge in [0.2, 0.25) is 47.3 Å². The van der Waals surface area contributed by atoms with Crippen LogP contribution in [0.1, 0.15) is 100.0 Å². The second-order valence-electron chi connectivity index (χ2n) is 19.6. The normalized spacial score (nSPS) is 17.0. The lowest BCUT2D eigenvalue weighted by molar-refractivity contribution is -0.151. The molecule has 2 aliphatic rings. The van der Waals surface area contributed by atoms with Crippen LogP contribution in [0.25, 0.3) is 10.1 Å². The van der Waals surface area contributed by atoms with Crippen LogP contribution in [0.3, 0.4) is 0 Å². The summed E-state index contributed by atoms with van der Waals surface area (Å²) in [5.41, 5.74) is 18.9. The molecular weight excluding hydrogens is 961 g/mol. The molecule has 1 saturated heterocycles. The van der Waals surface area contributed by atoms with E-state index < -0.39 is 89.6 Å². The number of primary amides is 1. The Kier molecular flexibility index (Phi) is 21.9. The SMILES string of the molecule is CC(=O)N[C@@H](CCCCN)C(=O)N[C@@H](Cc1ccccc1)C(=O)N[C@@H](CCCN)C(=O)N1CCC1C(=O)N[C@H](CC1CCCCC1)C(=O)N[C@@H](Cc1cc2ccccc2s1)C(=O)N[C@@H](Cc1ccccc1)C(N)=O. The van der Waals surface area contributed by atoms with Gasteiger partial charge in [-0.05, 0) is 92.6 Å². The highest BCUT2D eigenvalue weighted by Crippen LogP contribution is 2.29. The highest BCUT2D eigenvalue weighted by atomic mass is 32.1. The second-order valence-corrected chi connectivity index (χ2v) is 20.8. The summed E-state index contributed by atoms with van der Waals surface area (Å²) in [6.07, 6.45) is 7.63. The van der Waals surface area contributed by atoms with Gasteiger partial charge in [0.25, 0.3) is 0 Å². The van der Waals surface area contributed by atoms with Crippen molar-refractivity contribution < 1.29 is 38.4 Å². The maximum absolute atomic E-state index is 14.7. The Hall–Kier alpha value is -6.70. The zero-order chi connectivity index (χ0) is 53.0. The number of amides is 8. The van der Waals surface area contributed by atoms with Crippen LogP contribution >= 0.6 is 11.3 Å². The fourth-order valence-electron chi connectivity index (χ4n) is 9.73. The number of nitrogens with one attached hydrogen (secondary N) is 6. The molecule has 0 spiro atoms. The smallest absolute Gasteiger partial charge is 0.245 e. The zero-order valence-corrected chi connectivity index (χ0v) is 43.2. The molecule has 2 heterocycles. The quantitative estimate of drug-likeness (QED) is 0.0375. The highest BCUT2D eigenvalue weighted by molar-refractivity contribution is 7.19. The van der Waals surface area contributed by atoms with Gasteiger partial charge in [0.05, 0.1) is 0 Å². The van der Waals surface area contributed by atoms with Crippen molar-refractivity contribution >= 4 is 68.7 Å². The summed E-state index contributed by atoms with van der Waals surface area (Å²) < 4.78 is 0.999.